The number of fused-ring (bicyclic) bond motifs is 2. The van der Waals surface area contributed by atoms with E-state index in [0.717, 1.165) is 58.9 Å². The average molecular weight is 807 g/mol. The zero-order valence-corrected chi connectivity index (χ0v) is 33.7. The van der Waals surface area contributed by atoms with E-state index in [1.165, 1.54) is 14.2 Å². The SMILES string of the molecule is COC(=O)N[C@H](C(=O)N1CCC[C@H]1c1ncc(-c2ccc3cc(-c4ccc5nc([C@@H]6CCCN6C(=O)[C@@H](NC(=O)OC)C6CCOCC6)[nH]c5c4)nnc3c2)[nH]1)C(C)C. The highest BCUT2D eigenvalue weighted by Gasteiger charge is 2.41. The predicted octanol–water partition coefficient (Wildman–Crippen LogP) is 5.42. The van der Waals surface area contributed by atoms with Crippen molar-refractivity contribution in [2.45, 2.75) is 76.5 Å². The first-order valence-electron chi connectivity index (χ1n) is 20.3. The van der Waals surface area contributed by atoms with Crippen LogP contribution in [-0.4, -0.2) is 117 Å². The van der Waals surface area contributed by atoms with Crippen LogP contribution in [0.4, 0.5) is 9.59 Å². The van der Waals surface area contributed by atoms with E-state index in [4.69, 9.17) is 19.2 Å². The molecule has 3 aliphatic heterocycles. The third-order valence-electron chi connectivity index (χ3n) is 11.8. The normalized spacial score (nSPS) is 19.6. The van der Waals surface area contributed by atoms with Gasteiger partial charge in [-0.25, -0.2) is 19.6 Å². The van der Waals surface area contributed by atoms with E-state index in [-0.39, 0.29) is 35.7 Å². The second-order valence-corrected chi connectivity index (χ2v) is 15.8. The van der Waals surface area contributed by atoms with Crippen molar-refractivity contribution in [2.75, 3.05) is 40.5 Å². The van der Waals surface area contributed by atoms with E-state index in [1.807, 2.05) is 61.2 Å². The van der Waals surface area contributed by atoms with Crippen molar-refractivity contribution in [2.24, 2.45) is 11.8 Å². The number of hydrogen-bond donors (Lipinski definition) is 4. The van der Waals surface area contributed by atoms with Crippen LogP contribution >= 0.6 is 0 Å². The third kappa shape index (κ3) is 8.15. The van der Waals surface area contributed by atoms with Crippen molar-refractivity contribution >= 4 is 45.9 Å². The molecule has 5 aromatic rings. The van der Waals surface area contributed by atoms with Gasteiger partial charge in [-0.2, -0.15) is 0 Å². The maximum atomic E-state index is 14.0. The molecular formula is C42H50N10O7. The molecule has 3 aromatic heterocycles. The number of likely N-dealkylation sites (tertiary alicyclic amines) is 2. The summed E-state index contributed by atoms with van der Waals surface area (Å²) >= 11 is 0. The Balaban J connectivity index is 0.979. The average Bonchev–Trinajstić information content (AvgIpc) is 4.10. The number of benzene rings is 2. The number of rotatable bonds is 10. The molecule has 17 heteroatoms. The maximum Gasteiger partial charge on any atom is 0.407 e. The summed E-state index contributed by atoms with van der Waals surface area (Å²) in [6.07, 6.45) is 5.03. The number of alkyl carbamates (subject to hydrolysis) is 2. The molecular weight excluding hydrogens is 757 g/mol. The minimum Gasteiger partial charge on any atom is -0.453 e. The number of aromatic amines is 2. The summed E-state index contributed by atoms with van der Waals surface area (Å²) < 4.78 is 15.2. The first kappa shape index (κ1) is 39.7. The molecule has 4 atom stereocenters. The molecule has 0 unspecified atom stereocenters. The van der Waals surface area contributed by atoms with Gasteiger partial charge in [-0.3, -0.25) is 9.59 Å². The number of nitrogens with zero attached hydrogens (tertiary/aromatic N) is 6. The van der Waals surface area contributed by atoms with Crippen molar-refractivity contribution in [3.63, 3.8) is 0 Å². The van der Waals surface area contributed by atoms with Gasteiger partial charge in [0.15, 0.2) is 0 Å². The molecule has 17 nitrogen and oxygen atoms in total. The fourth-order valence-electron chi connectivity index (χ4n) is 8.65. The lowest BCUT2D eigenvalue weighted by Crippen LogP contribution is -2.53. The van der Waals surface area contributed by atoms with Gasteiger partial charge in [0.25, 0.3) is 0 Å². The molecule has 310 valence electrons. The predicted molar refractivity (Wildman–Crippen MR) is 217 cm³/mol. The number of ether oxygens (including phenoxy) is 3. The number of carbonyl (C=O) groups is 4. The van der Waals surface area contributed by atoms with Gasteiger partial charge in [0.05, 0.1) is 60.4 Å². The van der Waals surface area contributed by atoms with Crippen molar-refractivity contribution in [1.82, 2.24) is 50.6 Å². The Morgan fingerprint density at radius 1 is 0.780 bits per heavy atom. The highest BCUT2D eigenvalue weighted by molar-refractivity contribution is 5.89. The van der Waals surface area contributed by atoms with Gasteiger partial charge in [0, 0.05) is 42.8 Å². The molecule has 0 spiro atoms. The third-order valence-corrected chi connectivity index (χ3v) is 11.8. The van der Waals surface area contributed by atoms with Gasteiger partial charge in [0.2, 0.25) is 11.8 Å². The molecule has 59 heavy (non-hydrogen) atoms. The van der Waals surface area contributed by atoms with Gasteiger partial charge >= 0.3 is 12.2 Å². The zero-order valence-electron chi connectivity index (χ0n) is 33.7. The highest BCUT2D eigenvalue weighted by atomic mass is 16.5. The smallest absolute Gasteiger partial charge is 0.407 e. The van der Waals surface area contributed by atoms with Crippen LogP contribution in [0.25, 0.3) is 44.5 Å². The molecule has 0 radical (unpaired) electrons. The van der Waals surface area contributed by atoms with E-state index >= 15 is 0 Å². The Kier molecular flexibility index (Phi) is 11.5. The Hall–Kier alpha value is -6.10. The molecule has 6 heterocycles. The summed E-state index contributed by atoms with van der Waals surface area (Å²) in [4.78, 5) is 72.0. The van der Waals surface area contributed by atoms with Crippen LogP contribution in [0.15, 0.2) is 48.7 Å². The number of hydrogen-bond acceptors (Lipinski definition) is 11. The Bertz CT molecular complexity index is 2350. The first-order valence-corrected chi connectivity index (χ1v) is 20.3. The van der Waals surface area contributed by atoms with Crippen LogP contribution in [-0.2, 0) is 23.8 Å². The number of methoxy groups -OCH3 is 2. The summed E-state index contributed by atoms with van der Waals surface area (Å²) in [5, 5.41) is 15.6. The zero-order chi connectivity index (χ0) is 41.2. The number of carbonyl (C=O) groups excluding carboxylic acids is 4. The number of H-pyrrole nitrogens is 2. The molecule has 4 N–H and O–H groups in total. The van der Waals surface area contributed by atoms with Crippen LogP contribution in [0.2, 0.25) is 0 Å². The molecule has 0 bridgehead atoms. The van der Waals surface area contributed by atoms with Gasteiger partial charge in [0.1, 0.15) is 23.7 Å². The minimum absolute atomic E-state index is 0.0442. The fraction of sp³-hybridized carbons (Fsp3) is 0.476. The molecule has 2 aromatic carbocycles. The van der Waals surface area contributed by atoms with Crippen LogP contribution < -0.4 is 10.6 Å². The molecule has 3 aliphatic rings. The molecule has 4 amide bonds. The lowest BCUT2D eigenvalue weighted by atomic mass is 9.90. The van der Waals surface area contributed by atoms with Crippen molar-refractivity contribution in [3.8, 4) is 22.5 Å². The van der Waals surface area contributed by atoms with Crippen LogP contribution in [0.5, 0.6) is 0 Å². The van der Waals surface area contributed by atoms with Crippen LogP contribution in [0, 0.1) is 11.8 Å². The molecule has 0 aliphatic carbocycles. The standard InChI is InChI=1S/C42H50N10O7/c1-23(2)35(47-41(55)57-3)39(53)51-15-5-7-33(51)37-43-22-32(46-37)27-10-9-25-19-29(49-50-30(25)20-27)26-11-12-28-31(21-26)45-38(44-28)34-8-6-16-52(34)40(54)36(48-42(56)58-4)24-13-17-59-18-14-24/h9-12,19-24,33-36H,5-8,13-18H2,1-4H3,(H,43,46)(H,44,45)(H,47,55)(H,48,56)/t33-,34-,35-,36-/m0/s1. The molecule has 0 saturated carbocycles. The minimum atomic E-state index is -0.708. The number of imidazole rings is 2. The van der Waals surface area contributed by atoms with E-state index in [1.54, 1.807) is 11.1 Å². The van der Waals surface area contributed by atoms with E-state index < -0.39 is 24.3 Å². The molecule has 3 fully saturated rings. The quantitative estimate of drug-likeness (QED) is 0.140. The summed E-state index contributed by atoms with van der Waals surface area (Å²) in [6.45, 7) is 6.02. The van der Waals surface area contributed by atoms with Crippen molar-refractivity contribution in [1.29, 1.82) is 0 Å². The van der Waals surface area contributed by atoms with Crippen LogP contribution in [0.1, 0.15) is 76.1 Å². The highest BCUT2D eigenvalue weighted by Crippen LogP contribution is 2.36. The summed E-state index contributed by atoms with van der Waals surface area (Å²) in [5.41, 5.74) is 5.55. The van der Waals surface area contributed by atoms with E-state index in [0.29, 0.717) is 62.0 Å². The Labute approximate surface area is 341 Å². The summed E-state index contributed by atoms with van der Waals surface area (Å²) in [6, 6.07) is 12.0. The van der Waals surface area contributed by atoms with Gasteiger partial charge in [-0.05, 0) is 74.6 Å². The monoisotopic (exact) mass is 806 g/mol. The van der Waals surface area contributed by atoms with Gasteiger partial charge in [-0.15, -0.1) is 10.2 Å². The van der Waals surface area contributed by atoms with Gasteiger partial charge < -0.3 is 44.6 Å². The van der Waals surface area contributed by atoms with E-state index in [9.17, 15) is 19.2 Å². The Morgan fingerprint density at radius 2 is 1.47 bits per heavy atom. The fourth-order valence-corrected chi connectivity index (χ4v) is 8.65. The topological polar surface area (TPSA) is 210 Å². The van der Waals surface area contributed by atoms with Gasteiger partial charge in [-0.1, -0.05) is 32.0 Å². The van der Waals surface area contributed by atoms with Crippen LogP contribution in [0.3, 0.4) is 0 Å². The maximum absolute atomic E-state index is 14.0. The molecule has 3 saturated heterocycles. The van der Waals surface area contributed by atoms with E-state index in [2.05, 4.69) is 35.8 Å². The lowest BCUT2D eigenvalue weighted by molar-refractivity contribution is -0.137. The number of nitrogens with one attached hydrogen (secondary N) is 4. The van der Waals surface area contributed by atoms with Crippen molar-refractivity contribution < 1.29 is 33.4 Å². The second kappa shape index (κ2) is 17.0. The summed E-state index contributed by atoms with van der Waals surface area (Å²) in [7, 11) is 2.58. The van der Waals surface area contributed by atoms with Crippen molar-refractivity contribution in [3.05, 3.63) is 60.3 Å². The summed E-state index contributed by atoms with van der Waals surface area (Å²) in [5.74, 6) is 0.931. The molecule has 8 rings (SSSR count). The lowest BCUT2D eigenvalue weighted by Gasteiger charge is -2.34. The number of amides is 4. The largest absolute Gasteiger partial charge is 0.453 e. The first-order chi connectivity index (χ1) is 28.6. The second-order valence-electron chi connectivity index (χ2n) is 15.8. The Morgan fingerprint density at radius 3 is 2.20 bits per heavy atom. The number of aromatic nitrogens is 6.